The summed E-state index contributed by atoms with van der Waals surface area (Å²) in [6.45, 7) is 2.81. The third-order valence-electron chi connectivity index (χ3n) is 3.65. The van der Waals surface area contributed by atoms with E-state index in [9.17, 15) is 9.90 Å². The number of aryl methyl sites for hydroxylation is 1. The Morgan fingerprint density at radius 2 is 2.22 bits per heavy atom. The van der Waals surface area contributed by atoms with Crippen molar-refractivity contribution in [2.75, 3.05) is 0 Å². The van der Waals surface area contributed by atoms with Gasteiger partial charge >= 0.3 is 0 Å². The van der Waals surface area contributed by atoms with Crippen molar-refractivity contribution < 1.29 is 5.11 Å². The van der Waals surface area contributed by atoms with E-state index in [0.717, 1.165) is 18.7 Å². The first-order chi connectivity index (χ1) is 8.72. The summed E-state index contributed by atoms with van der Waals surface area (Å²) in [5, 5.41) is 9.77. The lowest BCUT2D eigenvalue weighted by Gasteiger charge is -2.16. The Morgan fingerprint density at radius 3 is 2.89 bits per heavy atom. The lowest BCUT2D eigenvalue weighted by atomic mass is 9.97. The Morgan fingerprint density at radius 1 is 1.39 bits per heavy atom. The highest BCUT2D eigenvalue weighted by Crippen LogP contribution is 2.21. The number of allylic oxidation sites excluding steroid dienone is 2. The lowest BCUT2D eigenvalue weighted by molar-refractivity contribution is 0.448. The number of rotatable bonds is 4. The largest absolute Gasteiger partial charge is 0.503 e. The Kier molecular flexibility index (Phi) is 4.24. The molecular weight excluding hydrogens is 226 g/mol. The molecule has 0 radical (unpaired) electrons. The fraction of sp³-hybridized carbons (Fsp3) is 0.533. The molecule has 0 saturated carbocycles. The van der Waals surface area contributed by atoms with Crippen LogP contribution in [0.25, 0.3) is 0 Å². The molecule has 0 spiro atoms. The predicted molar refractivity (Wildman–Crippen MR) is 72.9 cm³/mol. The van der Waals surface area contributed by atoms with E-state index >= 15 is 0 Å². The van der Waals surface area contributed by atoms with E-state index in [1.807, 2.05) is 11.5 Å². The Balaban J connectivity index is 2.11. The molecule has 0 aromatic carbocycles. The van der Waals surface area contributed by atoms with Crippen molar-refractivity contribution >= 4 is 0 Å². The molecule has 1 aliphatic rings. The zero-order valence-electron chi connectivity index (χ0n) is 11.0. The van der Waals surface area contributed by atoms with Gasteiger partial charge in [-0.15, -0.1) is 0 Å². The van der Waals surface area contributed by atoms with Crippen LogP contribution in [-0.4, -0.2) is 9.67 Å². The fourth-order valence-electron chi connectivity index (χ4n) is 2.58. The first-order valence-electron chi connectivity index (χ1n) is 6.81. The molecule has 98 valence electrons. The van der Waals surface area contributed by atoms with Gasteiger partial charge in [0, 0.05) is 18.8 Å². The van der Waals surface area contributed by atoms with Gasteiger partial charge < -0.3 is 9.67 Å². The SMILES string of the molecule is CCc1c(O)c(=O)ccn1CCC1=CCCCC1. The topological polar surface area (TPSA) is 42.2 Å². The number of aromatic hydroxyl groups is 1. The molecule has 1 N–H and O–H groups in total. The molecule has 0 saturated heterocycles. The highest BCUT2D eigenvalue weighted by molar-refractivity contribution is 5.26. The quantitative estimate of drug-likeness (QED) is 0.831. The molecule has 1 heterocycles. The number of hydrogen-bond acceptors (Lipinski definition) is 2. The molecule has 0 aliphatic heterocycles. The summed E-state index contributed by atoms with van der Waals surface area (Å²) in [6, 6.07) is 1.45. The molecule has 0 unspecified atom stereocenters. The van der Waals surface area contributed by atoms with Crippen LogP contribution in [0.15, 0.2) is 28.7 Å². The minimum Gasteiger partial charge on any atom is -0.503 e. The summed E-state index contributed by atoms with van der Waals surface area (Å²) in [7, 11) is 0. The summed E-state index contributed by atoms with van der Waals surface area (Å²) >= 11 is 0. The number of nitrogens with zero attached hydrogens (tertiary/aromatic N) is 1. The predicted octanol–water partition coefficient (Wildman–Crippen LogP) is 3.01. The van der Waals surface area contributed by atoms with Gasteiger partial charge in [-0.2, -0.15) is 0 Å². The Bertz CT molecular complexity index is 500. The van der Waals surface area contributed by atoms with E-state index < -0.39 is 0 Å². The van der Waals surface area contributed by atoms with Crippen molar-refractivity contribution in [3.8, 4) is 5.75 Å². The minimum absolute atomic E-state index is 0.0855. The van der Waals surface area contributed by atoms with E-state index in [1.54, 1.807) is 6.20 Å². The van der Waals surface area contributed by atoms with Gasteiger partial charge in [0.2, 0.25) is 5.43 Å². The maximum Gasteiger partial charge on any atom is 0.223 e. The van der Waals surface area contributed by atoms with Crippen LogP contribution in [0.1, 0.15) is 44.7 Å². The average molecular weight is 247 g/mol. The van der Waals surface area contributed by atoms with Gasteiger partial charge in [-0.3, -0.25) is 4.79 Å². The van der Waals surface area contributed by atoms with Crippen LogP contribution < -0.4 is 5.43 Å². The highest BCUT2D eigenvalue weighted by Gasteiger charge is 2.09. The first-order valence-corrected chi connectivity index (χ1v) is 6.81. The van der Waals surface area contributed by atoms with Crippen molar-refractivity contribution in [2.45, 2.75) is 52.0 Å². The second kappa shape index (κ2) is 5.89. The molecule has 1 aromatic heterocycles. The second-order valence-corrected chi connectivity index (χ2v) is 4.88. The molecule has 0 fully saturated rings. The molecular formula is C15H21NO2. The van der Waals surface area contributed by atoms with E-state index in [1.165, 1.54) is 37.3 Å². The van der Waals surface area contributed by atoms with Crippen molar-refractivity contribution in [1.29, 1.82) is 0 Å². The zero-order valence-corrected chi connectivity index (χ0v) is 11.0. The average Bonchev–Trinajstić information content (AvgIpc) is 2.41. The van der Waals surface area contributed by atoms with Crippen LogP contribution in [0.3, 0.4) is 0 Å². The lowest BCUT2D eigenvalue weighted by Crippen LogP contribution is -2.13. The third kappa shape index (κ3) is 2.84. The van der Waals surface area contributed by atoms with Gasteiger partial charge in [0.15, 0.2) is 5.75 Å². The number of hydrogen-bond donors (Lipinski definition) is 1. The molecule has 1 aromatic rings. The second-order valence-electron chi connectivity index (χ2n) is 4.88. The first kappa shape index (κ1) is 12.9. The summed E-state index contributed by atoms with van der Waals surface area (Å²) in [5.74, 6) is -0.0855. The molecule has 0 atom stereocenters. The minimum atomic E-state index is -0.278. The molecule has 0 bridgehead atoms. The summed E-state index contributed by atoms with van der Waals surface area (Å²) in [5.41, 5.74) is 1.99. The van der Waals surface area contributed by atoms with Gasteiger partial charge in [0.25, 0.3) is 0 Å². The molecule has 0 amide bonds. The van der Waals surface area contributed by atoms with Crippen LogP contribution >= 0.6 is 0 Å². The summed E-state index contributed by atoms with van der Waals surface area (Å²) < 4.78 is 2.01. The zero-order chi connectivity index (χ0) is 13.0. The summed E-state index contributed by atoms with van der Waals surface area (Å²) in [6.07, 6.45) is 10.8. The van der Waals surface area contributed by atoms with Crippen molar-refractivity contribution in [1.82, 2.24) is 4.57 Å². The van der Waals surface area contributed by atoms with E-state index in [4.69, 9.17) is 0 Å². The van der Waals surface area contributed by atoms with Crippen LogP contribution in [0.4, 0.5) is 0 Å². The van der Waals surface area contributed by atoms with Gasteiger partial charge in [-0.25, -0.2) is 0 Å². The fourth-order valence-corrected chi connectivity index (χ4v) is 2.58. The van der Waals surface area contributed by atoms with Gasteiger partial charge in [0.1, 0.15) is 0 Å². The van der Waals surface area contributed by atoms with Crippen molar-refractivity contribution in [2.24, 2.45) is 0 Å². The normalized spacial score (nSPS) is 15.5. The van der Waals surface area contributed by atoms with Gasteiger partial charge in [0.05, 0.1) is 5.69 Å². The molecule has 2 rings (SSSR count). The third-order valence-corrected chi connectivity index (χ3v) is 3.65. The Labute approximate surface area is 108 Å². The van der Waals surface area contributed by atoms with Crippen molar-refractivity contribution in [3.05, 3.63) is 39.8 Å². The molecule has 18 heavy (non-hydrogen) atoms. The van der Waals surface area contributed by atoms with E-state index in [-0.39, 0.29) is 11.2 Å². The Hall–Kier alpha value is -1.51. The van der Waals surface area contributed by atoms with Gasteiger partial charge in [-0.05, 0) is 38.5 Å². The van der Waals surface area contributed by atoms with Crippen LogP contribution in [0.2, 0.25) is 0 Å². The molecule has 3 nitrogen and oxygen atoms in total. The van der Waals surface area contributed by atoms with E-state index in [2.05, 4.69) is 6.08 Å². The maximum atomic E-state index is 11.4. The van der Waals surface area contributed by atoms with Gasteiger partial charge in [-0.1, -0.05) is 18.6 Å². The van der Waals surface area contributed by atoms with Crippen LogP contribution in [0.5, 0.6) is 5.75 Å². The summed E-state index contributed by atoms with van der Waals surface area (Å²) in [4.78, 5) is 11.4. The van der Waals surface area contributed by atoms with E-state index in [0.29, 0.717) is 6.42 Å². The maximum absolute atomic E-state index is 11.4. The van der Waals surface area contributed by atoms with Crippen LogP contribution in [0, 0.1) is 0 Å². The highest BCUT2D eigenvalue weighted by atomic mass is 16.3. The standard InChI is InChI=1S/C15H21NO2/c1-2-13-15(18)14(17)9-11-16(13)10-8-12-6-4-3-5-7-12/h6,9,11,18H,2-5,7-8,10H2,1H3. The van der Waals surface area contributed by atoms with Crippen molar-refractivity contribution in [3.63, 3.8) is 0 Å². The molecule has 3 heteroatoms. The smallest absolute Gasteiger partial charge is 0.223 e. The monoisotopic (exact) mass is 247 g/mol. The van der Waals surface area contributed by atoms with Crippen LogP contribution in [-0.2, 0) is 13.0 Å². The number of pyridine rings is 1. The number of aromatic nitrogens is 1. The molecule has 1 aliphatic carbocycles.